The number of carbonyl (C=O) groups is 2. The molecule has 0 spiro atoms. The second kappa shape index (κ2) is 9.99. The molecule has 0 bridgehead atoms. The number of anilines is 1. The van der Waals surface area contributed by atoms with Gasteiger partial charge in [-0.15, -0.1) is 0 Å². The zero-order valence-corrected chi connectivity index (χ0v) is 17.1. The van der Waals surface area contributed by atoms with Crippen molar-refractivity contribution < 1.29 is 14.3 Å². The van der Waals surface area contributed by atoms with E-state index >= 15 is 0 Å². The standard InChI is InChI=1S/C25H20N4O3/c30-24(27-20-7-2-1-3-8-20)17-32-21-13-10-18(11-14-21)16-26-29-25(31)23-15-12-19-6-4-5-9-22(19)28-23/h1-16H,17H2,(H,27,30)(H,29,31)/b26-16+. The maximum Gasteiger partial charge on any atom is 0.289 e. The predicted molar refractivity (Wildman–Crippen MR) is 124 cm³/mol. The maximum absolute atomic E-state index is 12.3. The molecular formula is C25H20N4O3. The van der Waals surface area contributed by atoms with Crippen LogP contribution < -0.4 is 15.5 Å². The summed E-state index contributed by atoms with van der Waals surface area (Å²) < 4.78 is 5.50. The van der Waals surface area contributed by atoms with Crippen molar-refractivity contribution in [2.45, 2.75) is 0 Å². The van der Waals surface area contributed by atoms with Gasteiger partial charge >= 0.3 is 0 Å². The summed E-state index contributed by atoms with van der Waals surface area (Å²) in [4.78, 5) is 28.6. The molecule has 7 heteroatoms. The number of hydrogen-bond donors (Lipinski definition) is 2. The molecule has 1 aromatic heterocycles. The molecule has 0 saturated heterocycles. The number of rotatable bonds is 7. The van der Waals surface area contributed by atoms with Gasteiger partial charge in [-0.1, -0.05) is 42.5 Å². The lowest BCUT2D eigenvalue weighted by Gasteiger charge is -2.07. The van der Waals surface area contributed by atoms with Crippen molar-refractivity contribution in [3.8, 4) is 5.75 Å². The largest absolute Gasteiger partial charge is 0.484 e. The third kappa shape index (κ3) is 5.54. The van der Waals surface area contributed by atoms with Crippen molar-refractivity contribution in [1.29, 1.82) is 0 Å². The first kappa shape index (κ1) is 20.7. The smallest absolute Gasteiger partial charge is 0.289 e. The highest BCUT2D eigenvalue weighted by Gasteiger charge is 2.07. The van der Waals surface area contributed by atoms with Gasteiger partial charge in [0, 0.05) is 11.1 Å². The van der Waals surface area contributed by atoms with Gasteiger partial charge in [0.05, 0.1) is 11.7 Å². The van der Waals surface area contributed by atoms with Gasteiger partial charge in [0.25, 0.3) is 11.8 Å². The van der Waals surface area contributed by atoms with Crippen LogP contribution in [-0.4, -0.2) is 29.6 Å². The molecule has 2 N–H and O–H groups in total. The first-order valence-electron chi connectivity index (χ1n) is 9.94. The van der Waals surface area contributed by atoms with Crippen molar-refractivity contribution in [3.05, 3.63) is 102 Å². The van der Waals surface area contributed by atoms with E-state index in [9.17, 15) is 9.59 Å². The molecule has 2 amide bonds. The molecule has 0 saturated carbocycles. The molecule has 0 unspecified atom stereocenters. The molecular weight excluding hydrogens is 404 g/mol. The summed E-state index contributed by atoms with van der Waals surface area (Å²) in [7, 11) is 0. The molecule has 3 aromatic carbocycles. The van der Waals surface area contributed by atoms with Crippen LogP contribution >= 0.6 is 0 Å². The first-order valence-corrected chi connectivity index (χ1v) is 9.94. The summed E-state index contributed by atoms with van der Waals surface area (Å²) in [5.74, 6) is -0.0852. The normalized spacial score (nSPS) is 10.8. The Morgan fingerprint density at radius 2 is 1.62 bits per heavy atom. The van der Waals surface area contributed by atoms with E-state index in [2.05, 4.69) is 20.8 Å². The quantitative estimate of drug-likeness (QED) is 0.346. The molecule has 0 aliphatic carbocycles. The lowest BCUT2D eigenvalue weighted by molar-refractivity contribution is -0.118. The van der Waals surface area contributed by atoms with Crippen molar-refractivity contribution in [2.75, 3.05) is 11.9 Å². The Bertz CT molecular complexity index is 1260. The molecule has 1 heterocycles. The molecule has 7 nitrogen and oxygen atoms in total. The summed E-state index contributed by atoms with van der Waals surface area (Å²) in [5.41, 5.74) is 4.99. The minimum atomic E-state index is -0.392. The van der Waals surface area contributed by atoms with Crippen molar-refractivity contribution in [1.82, 2.24) is 10.4 Å². The van der Waals surface area contributed by atoms with Gasteiger partial charge in [-0.05, 0) is 54.1 Å². The van der Waals surface area contributed by atoms with Crippen LogP contribution in [0.15, 0.2) is 96.1 Å². The number of carbonyl (C=O) groups excluding carboxylic acids is 2. The lowest BCUT2D eigenvalue weighted by Crippen LogP contribution is -2.20. The number of ether oxygens (including phenoxy) is 1. The van der Waals surface area contributed by atoms with Crippen LogP contribution in [0.5, 0.6) is 5.75 Å². The van der Waals surface area contributed by atoms with E-state index in [4.69, 9.17) is 4.74 Å². The summed E-state index contributed by atoms with van der Waals surface area (Å²) in [5, 5.41) is 7.70. The van der Waals surface area contributed by atoms with Gasteiger partial charge in [0.2, 0.25) is 0 Å². The summed E-state index contributed by atoms with van der Waals surface area (Å²) in [6, 6.07) is 27.3. The molecule has 4 rings (SSSR count). The molecule has 0 radical (unpaired) electrons. The highest BCUT2D eigenvalue weighted by atomic mass is 16.5. The number of nitrogens with one attached hydrogen (secondary N) is 2. The van der Waals surface area contributed by atoms with Crippen molar-refractivity contribution >= 4 is 34.6 Å². The van der Waals surface area contributed by atoms with Crippen LogP contribution in [0.1, 0.15) is 16.1 Å². The highest BCUT2D eigenvalue weighted by molar-refractivity contribution is 5.95. The average molecular weight is 424 g/mol. The van der Waals surface area contributed by atoms with E-state index in [0.717, 1.165) is 16.5 Å². The van der Waals surface area contributed by atoms with Gasteiger partial charge in [-0.25, -0.2) is 10.4 Å². The molecule has 0 atom stereocenters. The summed E-state index contributed by atoms with van der Waals surface area (Å²) in [6.45, 7) is -0.100. The fourth-order valence-corrected chi connectivity index (χ4v) is 2.93. The minimum absolute atomic E-state index is 0.100. The third-order valence-corrected chi connectivity index (χ3v) is 4.52. The summed E-state index contributed by atoms with van der Waals surface area (Å²) in [6.07, 6.45) is 1.52. The van der Waals surface area contributed by atoms with Gasteiger partial charge in [-0.2, -0.15) is 5.10 Å². The number of pyridine rings is 1. The van der Waals surface area contributed by atoms with Crippen molar-refractivity contribution in [3.63, 3.8) is 0 Å². The van der Waals surface area contributed by atoms with E-state index in [1.165, 1.54) is 6.21 Å². The second-order valence-corrected chi connectivity index (χ2v) is 6.86. The van der Waals surface area contributed by atoms with E-state index in [1.54, 1.807) is 42.5 Å². The first-order chi connectivity index (χ1) is 15.7. The van der Waals surface area contributed by atoms with Crippen LogP contribution in [-0.2, 0) is 4.79 Å². The maximum atomic E-state index is 12.3. The number of aromatic nitrogens is 1. The molecule has 0 fully saturated rings. The number of nitrogens with zero attached hydrogens (tertiary/aromatic N) is 2. The van der Waals surface area contributed by atoms with Crippen LogP contribution in [0.4, 0.5) is 5.69 Å². The minimum Gasteiger partial charge on any atom is -0.484 e. The van der Waals surface area contributed by atoms with Gasteiger partial charge in [-0.3, -0.25) is 9.59 Å². The number of amides is 2. The zero-order valence-electron chi connectivity index (χ0n) is 17.1. The Labute approximate surface area is 184 Å². The Balaban J connectivity index is 1.27. The Hall–Kier alpha value is -4.52. The third-order valence-electron chi connectivity index (χ3n) is 4.52. The van der Waals surface area contributed by atoms with E-state index in [1.807, 2.05) is 48.5 Å². The van der Waals surface area contributed by atoms with E-state index in [-0.39, 0.29) is 12.5 Å². The molecule has 0 aliphatic heterocycles. The monoisotopic (exact) mass is 424 g/mol. The topological polar surface area (TPSA) is 92.7 Å². The van der Waals surface area contributed by atoms with Crippen LogP contribution in [0, 0.1) is 0 Å². The number of para-hydroxylation sites is 2. The molecule has 0 aliphatic rings. The van der Waals surface area contributed by atoms with Crippen LogP contribution in [0.2, 0.25) is 0 Å². The number of hydrogen-bond acceptors (Lipinski definition) is 5. The van der Waals surface area contributed by atoms with Gasteiger partial charge in [0.15, 0.2) is 6.61 Å². The second-order valence-electron chi connectivity index (χ2n) is 6.86. The Kier molecular flexibility index (Phi) is 6.48. The van der Waals surface area contributed by atoms with E-state index in [0.29, 0.717) is 17.1 Å². The van der Waals surface area contributed by atoms with Gasteiger partial charge in [0.1, 0.15) is 11.4 Å². The zero-order chi connectivity index (χ0) is 22.2. The van der Waals surface area contributed by atoms with Crippen LogP contribution in [0.3, 0.4) is 0 Å². The molecule has 158 valence electrons. The lowest BCUT2D eigenvalue weighted by atomic mass is 10.2. The molecule has 4 aromatic rings. The Morgan fingerprint density at radius 1 is 0.875 bits per heavy atom. The number of hydrazone groups is 1. The number of benzene rings is 3. The SMILES string of the molecule is O=C(COc1ccc(/C=N/NC(=O)c2ccc3ccccc3n2)cc1)Nc1ccccc1. The molecule has 32 heavy (non-hydrogen) atoms. The number of fused-ring (bicyclic) bond motifs is 1. The van der Waals surface area contributed by atoms with E-state index < -0.39 is 5.91 Å². The predicted octanol–water partition coefficient (Wildman–Crippen LogP) is 4.02. The Morgan fingerprint density at radius 3 is 2.44 bits per heavy atom. The fourth-order valence-electron chi connectivity index (χ4n) is 2.93. The van der Waals surface area contributed by atoms with Crippen molar-refractivity contribution in [2.24, 2.45) is 5.10 Å². The average Bonchev–Trinajstić information content (AvgIpc) is 2.84. The van der Waals surface area contributed by atoms with Gasteiger partial charge < -0.3 is 10.1 Å². The summed E-state index contributed by atoms with van der Waals surface area (Å²) >= 11 is 0. The highest BCUT2D eigenvalue weighted by Crippen LogP contribution is 2.13. The van der Waals surface area contributed by atoms with Crippen LogP contribution in [0.25, 0.3) is 10.9 Å². The fraction of sp³-hybridized carbons (Fsp3) is 0.0400.